The molecule has 14 heavy (non-hydrogen) atoms. The minimum atomic E-state index is 0.555. The van der Waals surface area contributed by atoms with Crippen molar-refractivity contribution in [3.8, 4) is 0 Å². The van der Waals surface area contributed by atoms with Crippen molar-refractivity contribution in [1.82, 2.24) is 15.0 Å². The van der Waals surface area contributed by atoms with Gasteiger partial charge < -0.3 is 10.5 Å². The summed E-state index contributed by atoms with van der Waals surface area (Å²) in [5, 5.41) is 8.29. The van der Waals surface area contributed by atoms with Crippen molar-refractivity contribution in [3.05, 3.63) is 11.4 Å². The van der Waals surface area contributed by atoms with E-state index >= 15 is 0 Å². The van der Waals surface area contributed by atoms with Gasteiger partial charge in [-0.3, -0.25) is 0 Å². The largest absolute Gasteiger partial charge is 0.378 e. The summed E-state index contributed by atoms with van der Waals surface area (Å²) in [6.45, 7) is 1.19. The maximum absolute atomic E-state index is 5.51. The van der Waals surface area contributed by atoms with Crippen LogP contribution in [0.5, 0.6) is 0 Å². The van der Waals surface area contributed by atoms with Crippen molar-refractivity contribution >= 4 is 0 Å². The van der Waals surface area contributed by atoms with Crippen LogP contribution in [0.1, 0.15) is 30.3 Å². The number of hydrogen-bond acceptors (Lipinski definition) is 4. The van der Waals surface area contributed by atoms with Crippen molar-refractivity contribution in [2.24, 2.45) is 5.73 Å². The molecular weight excluding hydrogens is 180 g/mol. The highest BCUT2D eigenvalue weighted by atomic mass is 16.5. The number of rotatable bonds is 5. The van der Waals surface area contributed by atoms with E-state index in [0.29, 0.717) is 19.2 Å². The minimum Gasteiger partial charge on any atom is -0.378 e. The van der Waals surface area contributed by atoms with Crippen molar-refractivity contribution < 1.29 is 4.74 Å². The Balaban J connectivity index is 2.21. The van der Waals surface area contributed by atoms with Gasteiger partial charge in [-0.05, 0) is 19.4 Å². The molecule has 5 heteroatoms. The first-order chi connectivity index (χ1) is 6.86. The zero-order valence-electron chi connectivity index (χ0n) is 8.44. The first-order valence-electron chi connectivity index (χ1n) is 4.98. The predicted molar refractivity (Wildman–Crippen MR) is 51.8 cm³/mol. The Bertz CT molecular complexity index is 306. The molecule has 1 heterocycles. The van der Waals surface area contributed by atoms with Crippen LogP contribution < -0.4 is 5.73 Å². The predicted octanol–water partition coefficient (Wildman–Crippen LogP) is 0.261. The molecule has 0 atom stereocenters. The van der Waals surface area contributed by atoms with Gasteiger partial charge in [0.2, 0.25) is 0 Å². The second-order valence-corrected chi connectivity index (χ2v) is 3.63. The summed E-state index contributed by atoms with van der Waals surface area (Å²) in [4.78, 5) is 0. The second-order valence-electron chi connectivity index (χ2n) is 3.63. The number of ether oxygens (including phenoxy) is 1. The smallest absolute Gasteiger partial charge is 0.0900 e. The summed E-state index contributed by atoms with van der Waals surface area (Å²) in [5.41, 5.74) is 7.59. The fourth-order valence-corrected chi connectivity index (χ4v) is 1.58. The SMILES string of the molecule is COCc1c(CCN)nnn1C1CC1. The number of nitrogens with zero attached hydrogens (tertiary/aromatic N) is 3. The van der Waals surface area contributed by atoms with Gasteiger partial charge in [0.1, 0.15) is 0 Å². The van der Waals surface area contributed by atoms with Crippen molar-refractivity contribution in [1.29, 1.82) is 0 Å². The van der Waals surface area contributed by atoms with Gasteiger partial charge in [0.15, 0.2) is 0 Å². The number of aromatic nitrogens is 3. The first kappa shape index (κ1) is 9.61. The molecule has 0 aromatic carbocycles. The van der Waals surface area contributed by atoms with Gasteiger partial charge in [0.25, 0.3) is 0 Å². The van der Waals surface area contributed by atoms with Crippen molar-refractivity contribution in [3.63, 3.8) is 0 Å². The van der Waals surface area contributed by atoms with Gasteiger partial charge in [-0.2, -0.15) is 0 Å². The van der Waals surface area contributed by atoms with Crippen LogP contribution in [0.2, 0.25) is 0 Å². The highest BCUT2D eigenvalue weighted by molar-refractivity contribution is 5.11. The number of nitrogens with two attached hydrogens (primary N) is 1. The van der Waals surface area contributed by atoms with Crippen LogP contribution in [-0.4, -0.2) is 28.6 Å². The van der Waals surface area contributed by atoms with Crippen LogP contribution in [0.15, 0.2) is 0 Å². The van der Waals surface area contributed by atoms with E-state index in [-0.39, 0.29) is 0 Å². The summed E-state index contributed by atoms with van der Waals surface area (Å²) < 4.78 is 7.14. The van der Waals surface area contributed by atoms with Crippen LogP contribution in [0.25, 0.3) is 0 Å². The molecule has 0 saturated heterocycles. The maximum atomic E-state index is 5.51. The fourth-order valence-electron chi connectivity index (χ4n) is 1.58. The zero-order valence-corrected chi connectivity index (χ0v) is 8.44. The number of methoxy groups -OCH3 is 1. The Morgan fingerprint density at radius 2 is 2.36 bits per heavy atom. The summed E-state index contributed by atoms with van der Waals surface area (Å²) in [6, 6.07) is 0.555. The Morgan fingerprint density at radius 1 is 1.57 bits per heavy atom. The van der Waals surface area contributed by atoms with Gasteiger partial charge in [-0.1, -0.05) is 5.21 Å². The third-order valence-corrected chi connectivity index (χ3v) is 2.43. The lowest BCUT2D eigenvalue weighted by molar-refractivity contribution is 0.175. The van der Waals surface area contributed by atoms with Crippen LogP contribution in [-0.2, 0) is 17.8 Å². The van der Waals surface area contributed by atoms with E-state index in [1.807, 2.05) is 4.68 Å². The van der Waals surface area contributed by atoms with E-state index < -0.39 is 0 Å². The lowest BCUT2D eigenvalue weighted by atomic mass is 10.2. The topological polar surface area (TPSA) is 66.0 Å². The summed E-state index contributed by atoms with van der Waals surface area (Å²) in [7, 11) is 1.69. The Kier molecular flexibility index (Phi) is 2.79. The van der Waals surface area contributed by atoms with E-state index in [2.05, 4.69) is 10.3 Å². The van der Waals surface area contributed by atoms with E-state index in [0.717, 1.165) is 17.8 Å². The Labute approximate surface area is 83.2 Å². The molecule has 1 aliphatic carbocycles. The molecule has 1 fully saturated rings. The van der Waals surface area contributed by atoms with Crippen LogP contribution >= 0.6 is 0 Å². The number of hydrogen-bond donors (Lipinski definition) is 1. The average molecular weight is 196 g/mol. The van der Waals surface area contributed by atoms with E-state index in [1.165, 1.54) is 12.8 Å². The molecule has 78 valence electrons. The fraction of sp³-hybridized carbons (Fsp3) is 0.778. The maximum Gasteiger partial charge on any atom is 0.0900 e. The quantitative estimate of drug-likeness (QED) is 0.733. The lowest BCUT2D eigenvalue weighted by Crippen LogP contribution is -2.08. The van der Waals surface area contributed by atoms with E-state index in [4.69, 9.17) is 10.5 Å². The van der Waals surface area contributed by atoms with Crippen molar-refractivity contribution in [2.75, 3.05) is 13.7 Å². The molecule has 0 unspecified atom stereocenters. The third kappa shape index (κ3) is 1.78. The van der Waals surface area contributed by atoms with Gasteiger partial charge in [-0.15, -0.1) is 5.10 Å². The van der Waals surface area contributed by atoms with E-state index in [9.17, 15) is 0 Å². The molecule has 0 spiro atoms. The zero-order chi connectivity index (χ0) is 9.97. The molecule has 2 N–H and O–H groups in total. The summed E-state index contributed by atoms with van der Waals surface area (Å²) >= 11 is 0. The molecule has 1 saturated carbocycles. The van der Waals surface area contributed by atoms with Gasteiger partial charge in [0.05, 0.1) is 24.0 Å². The molecule has 1 aromatic heterocycles. The molecule has 0 radical (unpaired) electrons. The van der Waals surface area contributed by atoms with Crippen LogP contribution in [0.3, 0.4) is 0 Å². The molecular formula is C9H16N4O. The first-order valence-corrected chi connectivity index (χ1v) is 4.98. The lowest BCUT2D eigenvalue weighted by Gasteiger charge is -2.04. The third-order valence-electron chi connectivity index (χ3n) is 2.43. The average Bonchev–Trinajstić information content (AvgIpc) is 2.94. The van der Waals surface area contributed by atoms with Gasteiger partial charge in [0, 0.05) is 13.5 Å². The summed E-state index contributed by atoms with van der Waals surface area (Å²) in [6.07, 6.45) is 3.20. The molecule has 1 aliphatic rings. The van der Waals surface area contributed by atoms with Gasteiger partial charge >= 0.3 is 0 Å². The highest BCUT2D eigenvalue weighted by Crippen LogP contribution is 2.35. The molecule has 0 bridgehead atoms. The Morgan fingerprint density at radius 3 is 2.93 bits per heavy atom. The van der Waals surface area contributed by atoms with Gasteiger partial charge in [-0.25, -0.2) is 4.68 Å². The Hall–Kier alpha value is -0.940. The molecule has 5 nitrogen and oxygen atoms in total. The van der Waals surface area contributed by atoms with Crippen LogP contribution in [0, 0.1) is 0 Å². The molecule has 2 rings (SSSR count). The highest BCUT2D eigenvalue weighted by Gasteiger charge is 2.28. The standard InChI is InChI=1S/C9H16N4O/c1-14-6-9-8(4-5-10)11-12-13(9)7-2-3-7/h7H,2-6,10H2,1H3. The minimum absolute atomic E-state index is 0.555. The van der Waals surface area contributed by atoms with E-state index in [1.54, 1.807) is 7.11 Å². The van der Waals surface area contributed by atoms with Crippen molar-refractivity contribution in [2.45, 2.75) is 31.9 Å². The second kappa shape index (κ2) is 4.06. The normalized spacial score (nSPS) is 16.1. The molecule has 1 aromatic rings. The summed E-state index contributed by atoms with van der Waals surface area (Å²) in [5.74, 6) is 0. The van der Waals surface area contributed by atoms with Crippen LogP contribution in [0.4, 0.5) is 0 Å². The monoisotopic (exact) mass is 196 g/mol. The molecule has 0 amide bonds. The molecule has 0 aliphatic heterocycles.